The molecule has 4 nitrogen and oxygen atoms in total. The van der Waals surface area contributed by atoms with Gasteiger partial charge in [-0.05, 0) is 6.42 Å². The monoisotopic (exact) mass is 203 g/mol. The molecule has 0 radical (unpaired) electrons. The minimum atomic E-state index is 0.0864. The molecule has 1 N–H and O–H groups in total. The molecule has 0 saturated heterocycles. The van der Waals surface area contributed by atoms with E-state index in [4.69, 9.17) is 9.84 Å². The zero-order valence-corrected chi connectivity index (χ0v) is 9.16. The summed E-state index contributed by atoms with van der Waals surface area (Å²) in [4.78, 5) is 13.2. The van der Waals surface area contributed by atoms with Crippen LogP contribution < -0.4 is 0 Å². The third-order valence-electron chi connectivity index (χ3n) is 1.96. The highest BCUT2D eigenvalue weighted by Crippen LogP contribution is 1.94. The van der Waals surface area contributed by atoms with Crippen LogP contribution in [0.25, 0.3) is 0 Å². The van der Waals surface area contributed by atoms with Crippen molar-refractivity contribution in [2.75, 3.05) is 40.0 Å². The van der Waals surface area contributed by atoms with Crippen LogP contribution in [0.4, 0.5) is 0 Å². The van der Waals surface area contributed by atoms with E-state index in [1.165, 1.54) is 0 Å². The van der Waals surface area contributed by atoms with E-state index in [2.05, 4.69) is 0 Å². The highest BCUT2D eigenvalue weighted by Gasteiger charge is 2.08. The zero-order valence-electron chi connectivity index (χ0n) is 9.16. The number of nitrogens with zero attached hydrogens (tertiary/aromatic N) is 1. The molecule has 0 unspecified atom stereocenters. The van der Waals surface area contributed by atoms with Gasteiger partial charge < -0.3 is 9.84 Å². The number of ketones is 1. The highest BCUT2D eigenvalue weighted by atomic mass is 16.5. The minimum absolute atomic E-state index is 0.0864. The first-order valence-corrected chi connectivity index (χ1v) is 5.08. The summed E-state index contributed by atoms with van der Waals surface area (Å²) in [6, 6.07) is 0. The number of aliphatic hydroxyl groups excluding tert-OH is 1. The summed E-state index contributed by atoms with van der Waals surface area (Å²) in [7, 11) is 1.63. The molecule has 0 aromatic rings. The van der Waals surface area contributed by atoms with E-state index in [1.807, 2.05) is 11.8 Å². The van der Waals surface area contributed by atoms with E-state index in [0.717, 1.165) is 6.42 Å². The van der Waals surface area contributed by atoms with Gasteiger partial charge in [-0.1, -0.05) is 6.92 Å². The summed E-state index contributed by atoms with van der Waals surface area (Å²) in [5.74, 6) is 0.233. The van der Waals surface area contributed by atoms with Crippen LogP contribution in [0, 0.1) is 0 Å². The van der Waals surface area contributed by atoms with Crippen LogP contribution in [0.1, 0.15) is 19.8 Å². The Morgan fingerprint density at radius 1 is 1.43 bits per heavy atom. The molecule has 0 spiro atoms. The summed E-state index contributed by atoms with van der Waals surface area (Å²) in [5.41, 5.74) is 0. The molecule has 0 saturated carbocycles. The summed E-state index contributed by atoms with van der Waals surface area (Å²) >= 11 is 0. The second kappa shape index (κ2) is 9.12. The quantitative estimate of drug-likeness (QED) is 0.585. The summed E-state index contributed by atoms with van der Waals surface area (Å²) in [6.45, 7) is 4.34. The van der Waals surface area contributed by atoms with Gasteiger partial charge >= 0.3 is 0 Å². The van der Waals surface area contributed by atoms with E-state index in [9.17, 15) is 4.79 Å². The summed E-state index contributed by atoms with van der Waals surface area (Å²) in [6.07, 6.45) is 1.50. The first kappa shape index (κ1) is 13.5. The first-order valence-electron chi connectivity index (χ1n) is 5.08. The molecule has 84 valence electrons. The molecule has 0 rings (SSSR count). The minimum Gasteiger partial charge on any atom is -0.395 e. The molecule has 0 fully saturated rings. The number of rotatable bonds is 9. The largest absolute Gasteiger partial charge is 0.395 e. The van der Waals surface area contributed by atoms with E-state index in [-0.39, 0.29) is 12.4 Å². The smallest absolute Gasteiger partial charge is 0.146 e. The lowest BCUT2D eigenvalue weighted by Crippen LogP contribution is -2.34. The van der Waals surface area contributed by atoms with Crippen LogP contribution in [0.2, 0.25) is 0 Å². The fraction of sp³-hybridized carbons (Fsp3) is 0.900. The van der Waals surface area contributed by atoms with Crippen LogP contribution in [-0.4, -0.2) is 55.7 Å². The molecule has 0 bridgehead atoms. The van der Waals surface area contributed by atoms with Gasteiger partial charge in [-0.2, -0.15) is 0 Å². The third kappa shape index (κ3) is 7.00. The Labute approximate surface area is 85.9 Å². The molecule has 0 aliphatic carbocycles. The predicted octanol–water partition coefficient (Wildman–Crippen LogP) is 0.296. The fourth-order valence-corrected chi connectivity index (χ4v) is 1.24. The number of hydrogen-bond acceptors (Lipinski definition) is 4. The molecule has 14 heavy (non-hydrogen) atoms. The van der Waals surface area contributed by atoms with Crippen molar-refractivity contribution in [1.82, 2.24) is 4.90 Å². The standard InChI is InChI=1S/C10H21NO3/c1-3-4-10(13)9-11(5-7-12)6-8-14-2/h12H,3-9H2,1-2H3. The van der Waals surface area contributed by atoms with Gasteiger partial charge in [-0.3, -0.25) is 9.69 Å². The zero-order chi connectivity index (χ0) is 10.8. The third-order valence-corrected chi connectivity index (χ3v) is 1.96. The van der Waals surface area contributed by atoms with Crippen molar-refractivity contribution in [2.24, 2.45) is 0 Å². The maximum Gasteiger partial charge on any atom is 0.146 e. The lowest BCUT2D eigenvalue weighted by atomic mass is 10.2. The van der Waals surface area contributed by atoms with Crippen LogP contribution in [0.3, 0.4) is 0 Å². The van der Waals surface area contributed by atoms with Gasteiger partial charge in [-0.25, -0.2) is 0 Å². The number of ether oxygens (including phenoxy) is 1. The van der Waals surface area contributed by atoms with Crippen molar-refractivity contribution in [1.29, 1.82) is 0 Å². The molecular weight excluding hydrogens is 182 g/mol. The Kier molecular flexibility index (Phi) is 8.83. The van der Waals surface area contributed by atoms with Crippen molar-refractivity contribution in [2.45, 2.75) is 19.8 Å². The number of aliphatic hydroxyl groups is 1. The first-order chi connectivity index (χ1) is 6.74. The van der Waals surface area contributed by atoms with Crippen LogP contribution in [0.15, 0.2) is 0 Å². The number of methoxy groups -OCH3 is 1. The molecule has 0 heterocycles. The van der Waals surface area contributed by atoms with E-state index in [0.29, 0.717) is 32.7 Å². The second-order valence-corrected chi connectivity index (χ2v) is 3.28. The van der Waals surface area contributed by atoms with E-state index < -0.39 is 0 Å². The van der Waals surface area contributed by atoms with Gasteiger partial charge in [-0.15, -0.1) is 0 Å². The fourth-order valence-electron chi connectivity index (χ4n) is 1.24. The molecule has 0 aromatic heterocycles. The van der Waals surface area contributed by atoms with Gasteiger partial charge in [0.1, 0.15) is 5.78 Å². The summed E-state index contributed by atoms with van der Waals surface area (Å²) < 4.78 is 4.93. The van der Waals surface area contributed by atoms with Gasteiger partial charge in [0.15, 0.2) is 0 Å². The van der Waals surface area contributed by atoms with Crippen molar-refractivity contribution in [3.8, 4) is 0 Å². The number of carbonyl (C=O) groups is 1. The van der Waals surface area contributed by atoms with Gasteiger partial charge in [0.25, 0.3) is 0 Å². The Morgan fingerprint density at radius 2 is 2.14 bits per heavy atom. The summed E-state index contributed by atoms with van der Waals surface area (Å²) in [5, 5.41) is 8.79. The number of carbonyl (C=O) groups excluding carboxylic acids is 1. The predicted molar refractivity (Wildman–Crippen MR) is 55.3 cm³/mol. The van der Waals surface area contributed by atoms with Crippen molar-refractivity contribution in [3.05, 3.63) is 0 Å². The maximum absolute atomic E-state index is 11.3. The number of Topliss-reactive ketones (excluding diaryl/α,β-unsaturated/α-hetero) is 1. The van der Waals surface area contributed by atoms with Gasteiger partial charge in [0.2, 0.25) is 0 Å². The average Bonchev–Trinajstić information content (AvgIpc) is 2.15. The second-order valence-electron chi connectivity index (χ2n) is 3.28. The lowest BCUT2D eigenvalue weighted by molar-refractivity contribution is -0.120. The van der Waals surface area contributed by atoms with Crippen LogP contribution in [-0.2, 0) is 9.53 Å². The normalized spacial score (nSPS) is 10.9. The Balaban J connectivity index is 3.75. The molecule has 0 aliphatic heterocycles. The Hall–Kier alpha value is -0.450. The molecule has 0 atom stereocenters. The van der Waals surface area contributed by atoms with Gasteiger partial charge in [0, 0.05) is 26.6 Å². The Bertz CT molecular complexity index is 150. The van der Waals surface area contributed by atoms with Crippen molar-refractivity contribution >= 4 is 5.78 Å². The topological polar surface area (TPSA) is 49.8 Å². The number of hydrogen-bond donors (Lipinski definition) is 1. The molecule has 0 aliphatic rings. The van der Waals surface area contributed by atoms with E-state index >= 15 is 0 Å². The molecule has 0 aromatic carbocycles. The molecule has 4 heteroatoms. The highest BCUT2D eigenvalue weighted by molar-refractivity contribution is 5.80. The molecular formula is C10H21NO3. The van der Waals surface area contributed by atoms with Crippen molar-refractivity contribution in [3.63, 3.8) is 0 Å². The average molecular weight is 203 g/mol. The molecule has 0 amide bonds. The lowest BCUT2D eigenvalue weighted by Gasteiger charge is -2.19. The maximum atomic E-state index is 11.3. The van der Waals surface area contributed by atoms with Crippen LogP contribution >= 0.6 is 0 Å². The SMILES string of the molecule is CCCC(=O)CN(CCO)CCOC. The van der Waals surface area contributed by atoms with E-state index in [1.54, 1.807) is 7.11 Å². The Morgan fingerprint density at radius 3 is 2.64 bits per heavy atom. The van der Waals surface area contributed by atoms with Gasteiger partial charge in [0.05, 0.1) is 19.8 Å². The van der Waals surface area contributed by atoms with Crippen LogP contribution in [0.5, 0.6) is 0 Å². The van der Waals surface area contributed by atoms with Crippen molar-refractivity contribution < 1.29 is 14.6 Å².